The molecule has 2 amide bonds. The smallest absolute Gasteiger partial charge is 0.221 e. The van der Waals surface area contributed by atoms with E-state index in [0.717, 1.165) is 11.1 Å². The largest absolute Gasteiger partial charge is 0.497 e. The quantitative estimate of drug-likeness (QED) is 0.883. The lowest BCUT2D eigenvalue weighted by atomic mass is 10.0. The highest BCUT2D eigenvalue weighted by molar-refractivity contribution is 6.00. The van der Waals surface area contributed by atoms with Crippen molar-refractivity contribution in [1.29, 1.82) is 0 Å². The second-order valence-electron chi connectivity index (χ2n) is 5.19. The van der Waals surface area contributed by atoms with E-state index in [1.807, 2.05) is 12.1 Å². The molecule has 2 N–H and O–H groups in total. The number of carbonyl (C=O) groups is 2. The predicted octanol–water partition coefficient (Wildman–Crippen LogP) is 3.29. The van der Waals surface area contributed by atoms with Crippen molar-refractivity contribution in [1.82, 2.24) is 0 Å². The maximum atomic E-state index is 11.5. The highest BCUT2D eigenvalue weighted by atomic mass is 16.5. The Morgan fingerprint density at radius 1 is 0.750 bits per heavy atom. The fourth-order valence-electron chi connectivity index (χ4n) is 2.36. The Balaban J connectivity index is 2.61. The van der Waals surface area contributed by atoms with E-state index in [0.29, 0.717) is 22.9 Å². The summed E-state index contributed by atoms with van der Waals surface area (Å²) in [5.74, 6) is 0.854. The van der Waals surface area contributed by atoms with E-state index in [9.17, 15) is 9.59 Å². The number of hydrogen-bond acceptors (Lipinski definition) is 4. The predicted molar refractivity (Wildman–Crippen MR) is 93.6 cm³/mol. The summed E-state index contributed by atoms with van der Waals surface area (Å²) in [5, 5.41) is 5.59. The number of amides is 2. The lowest BCUT2D eigenvalue weighted by Gasteiger charge is -2.16. The Morgan fingerprint density at radius 3 is 1.42 bits per heavy atom. The molecule has 24 heavy (non-hydrogen) atoms. The zero-order valence-corrected chi connectivity index (χ0v) is 14.1. The molecular formula is C18H20N2O4. The first-order chi connectivity index (χ1) is 11.4. The molecule has 0 unspecified atom stereocenters. The molecule has 0 fully saturated rings. The summed E-state index contributed by atoms with van der Waals surface area (Å²) in [5.41, 5.74) is 2.71. The van der Waals surface area contributed by atoms with Gasteiger partial charge in [-0.25, -0.2) is 0 Å². The molecule has 0 spiro atoms. The van der Waals surface area contributed by atoms with Gasteiger partial charge >= 0.3 is 0 Å². The van der Waals surface area contributed by atoms with Crippen molar-refractivity contribution in [2.75, 3.05) is 24.9 Å². The summed E-state index contributed by atoms with van der Waals surface area (Å²) in [6.45, 7) is 2.87. The van der Waals surface area contributed by atoms with Crippen LogP contribution in [0.25, 0.3) is 11.1 Å². The number of benzene rings is 2. The second kappa shape index (κ2) is 7.50. The van der Waals surface area contributed by atoms with Gasteiger partial charge in [0, 0.05) is 37.1 Å². The van der Waals surface area contributed by atoms with Gasteiger partial charge in [0.05, 0.1) is 25.6 Å². The molecule has 2 aromatic carbocycles. The van der Waals surface area contributed by atoms with Crippen molar-refractivity contribution >= 4 is 23.2 Å². The highest BCUT2D eigenvalue weighted by Gasteiger charge is 2.14. The normalized spacial score (nSPS) is 10.0. The zero-order chi connectivity index (χ0) is 17.7. The van der Waals surface area contributed by atoms with Crippen molar-refractivity contribution in [2.24, 2.45) is 0 Å². The van der Waals surface area contributed by atoms with Crippen LogP contribution in [0, 0.1) is 0 Å². The maximum Gasteiger partial charge on any atom is 0.221 e. The molecule has 0 saturated heterocycles. The third kappa shape index (κ3) is 4.04. The number of anilines is 2. The Labute approximate surface area is 140 Å². The monoisotopic (exact) mass is 328 g/mol. The minimum atomic E-state index is -0.195. The van der Waals surface area contributed by atoms with Crippen molar-refractivity contribution in [3.8, 4) is 22.6 Å². The first kappa shape index (κ1) is 17.3. The molecule has 0 aliphatic rings. The number of rotatable bonds is 5. The zero-order valence-electron chi connectivity index (χ0n) is 14.1. The van der Waals surface area contributed by atoms with Crippen LogP contribution >= 0.6 is 0 Å². The van der Waals surface area contributed by atoms with Gasteiger partial charge in [0.1, 0.15) is 11.5 Å². The van der Waals surface area contributed by atoms with Crippen LogP contribution in [0.4, 0.5) is 11.4 Å². The molecule has 2 rings (SSSR count). The van der Waals surface area contributed by atoms with Gasteiger partial charge in [-0.15, -0.1) is 0 Å². The van der Waals surface area contributed by atoms with Crippen molar-refractivity contribution in [3.05, 3.63) is 36.4 Å². The number of hydrogen-bond donors (Lipinski definition) is 2. The van der Waals surface area contributed by atoms with E-state index in [1.165, 1.54) is 13.8 Å². The summed E-state index contributed by atoms with van der Waals surface area (Å²) < 4.78 is 10.4. The Hall–Kier alpha value is -3.02. The van der Waals surface area contributed by atoms with Crippen LogP contribution in [0.3, 0.4) is 0 Å². The van der Waals surface area contributed by atoms with E-state index in [1.54, 1.807) is 38.5 Å². The van der Waals surface area contributed by atoms with E-state index >= 15 is 0 Å². The van der Waals surface area contributed by atoms with Crippen molar-refractivity contribution in [2.45, 2.75) is 13.8 Å². The molecule has 0 aromatic heterocycles. The van der Waals surface area contributed by atoms with Gasteiger partial charge in [-0.05, 0) is 24.3 Å². The summed E-state index contributed by atoms with van der Waals surface area (Å²) in [4.78, 5) is 23.0. The highest BCUT2D eigenvalue weighted by Crippen LogP contribution is 2.37. The van der Waals surface area contributed by atoms with E-state index in [-0.39, 0.29) is 11.8 Å². The summed E-state index contributed by atoms with van der Waals surface area (Å²) >= 11 is 0. The second-order valence-corrected chi connectivity index (χ2v) is 5.19. The van der Waals surface area contributed by atoms with Crippen LogP contribution in [0.5, 0.6) is 11.5 Å². The first-order valence-electron chi connectivity index (χ1n) is 7.36. The number of carbonyl (C=O) groups excluding carboxylic acids is 2. The summed E-state index contributed by atoms with van der Waals surface area (Å²) in [6.07, 6.45) is 0. The molecule has 126 valence electrons. The molecular weight excluding hydrogens is 308 g/mol. The third-order valence-corrected chi connectivity index (χ3v) is 3.37. The third-order valence-electron chi connectivity index (χ3n) is 3.37. The lowest BCUT2D eigenvalue weighted by Crippen LogP contribution is -2.09. The average Bonchev–Trinajstić information content (AvgIpc) is 2.54. The van der Waals surface area contributed by atoms with Gasteiger partial charge in [-0.2, -0.15) is 0 Å². The molecule has 0 heterocycles. The molecule has 0 aliphatic heterocycles. The van der Waals surface area contributed by atoms with Crippen LogP contribution in [0.2, 0.25) is 0 Å². The molecule has 0 atom stereocenters. The van der Waals surface area contributed by atoms with Crippen molar-refractivity contribution in [3.63, 3.8) is 0 Å². The van der Waals surface area contributed by atoms with Gasteiger partial charge in [0.2, 0.25) is 11.8 Å². The van der Waals surface area contributed by atoms with Gasteiger partial charge in [-0.3, -0.25) is 9.59 Å². The molecule has 0 radical (unpaired) electrons. The Kier molecular flexibility index (Phi) is 5.42. The molecule has 6 heteroatoms. The minimum absolute atomic E-state index is 0.195. The standard InChI is InChI=1S/C18H20N2O4/c1-11(21)19-17-9-13(23-3)5-7-15(17)16-8-6-14(24-4)10-18(16)20-12(2)22/h5-10H,1-4H3,(H,19,21)(H,20,22). The van der Waals surface area contributed by atoms with Gasteiger partial charge in [-0.1, -0.05) is 0 Å². The van der Waals surface area contributed by atoms with Crippen LogP contribution in [0.15, 0.2) is 36.4 Å². The van der Waals surface area contributed by atoms with Gasteiger partial charge in [0.15, 0.2) is 0 Å². The molecule has 0 aliphatic carbocycles. The van der Waals surface area contributed by atoms with Crippen LogP contribution in [0.1, 0.15) is 13.8 Å². The van der Waals surface area contributed by atoms with Gasteiger partial charge in [0.25, 0.3) is 0 Å². The summed E-state index contributed by atoms with van der Waals surface area (Å²) in [6, 6.07) is 10.7. The van der Waals surface area contributed by atoms with Crippen LogP contribution in [-0.4, -0.2) is 26.0 Å². The number of nitrogens with one attached hydrogen (secondary N) is 2. The van der Waals surface area contributed by atoms with Crippen LogP contribution in [-0.2, 0) is 9.59 Å². The Bertz CT molecular complexity index is 706. The van der Waals surface area contributed by atoms with Gasteiger partial charge < -0.3 is 20.1 Å². The summed E-state index contributed by atoms with van der Waals surface area (Å²) in [7, 11) is 3.12. The van der Waals surface area contributed by atoms with E-state index in [4.69, 9.17) is 9.47 Å². The molecule has 6 nitrogen and oxygen atoms in total. The molecule has 0 bridgehead atoms. The number of ether oxygens (including phenoxy) is 2. The Morgan fingerprint density at radius 2 is 1.12 bits per heavy atom. The SMILES string of the molecule is COc1ccc(-c2ccc(OC)cc2NC(C)=O)c(NC(C)=O)c1. The average molecular weight is 328 g/mol. The topological polar surface area (TPSA) is 76.7 Å². The number of methoxy groups -OCH3 is 2. The van der Waals surface area contributed by atoms with E-state index < -0.39 is 0 Å². The van der Waals surface area contributed by atoms with E-state index in [2.05, 4.69) is 10.6 Å². The minimum Gasteiger partial charge on any atom is -0.497 e. The molecule has 0 saturated carbocycles. The maximum absolute atomic E-state index is 11.5. The van der Waals surface area contributed by atoms with Crippen LogP contribution < -0.4 is 20.1 Å². The fourth-order valence-corrected chi connectivity index (χ4v) is 2.36. The fraction of sp³-hybridized carbons (Fsp3) is 0.222. The van der Waals surface area contributed by atoms with Crippen molar-refractivity contribution < 1.29 is 19.1 Å². The lowest BCUT2D eigenvalue weighted by molar-refractivity contribution is -0.115. The molecule has 2 aromatic rings. The first-order valence-corrected chi connectivity index (χ1v) is 7.36.